The number of carbonyl (C=O) groups is 1. The van der Waals surface area contributed by atoms with E-state index in [2.05, 4.69) is 52.5 Å². The predicted molar refractivity (Wildman–Crippen MR) is 118 cm³/mol. The van der Waals surface area contributed by atoms with Gasteiger partial charge in [0.25, 0.3) is 0 Å². The van der Waals surface area contributed by atoms with Crippen LogP contribution < -0.4 is 4.90 Å². The van der Waals surface area contributed by atoms with Gasteiger partial charge < -0.3 is 4.74 Å². The molecule has 0 spiro atoms. The fourth-order valence-corrected chi connectivity index (χ4v) is 4.55. The molecular weight excluding hydrogens is 434 g/mol. The van der Waals surface area contributed by atoms with Gasteiger partial charge in [0.2, 0.25) is 5.91 Å². The lowest BCUT2D eigenvalue weighted by molar-refractivity contribution is -0.124. The minimum absolute atomic E-state index is 0.0321. The van der Waals surface area contributed by atoms with Crippen molar-refractivity contribution in [2.45, 2.75) is 50.9 Å². The smallest absolute Gasteiger partial charge is 0.241 e. The lowest BCUT2D eigenvalue weighted by atomic mass is 9.71. The van der Waals surface area contributed by atoms with Crippen molar-refractivity contribution < 1.29 is 9.53 Å². The zero-order chi connectivity index (χ0) is 20.5. The summed E-state index contributed by atoms with van der Waals surface area (Å²) in [5.41, 5.74) is 1.26. The van der Waals surface area contributed by atoms with E-state index in [0.717, 1.165) is 21.8 Å². The minimum Gasteiger partial charge on any atom is -0.361 e. The quantitative estimate of drug-likeness (QED) is 0.332. The highest BCUT2D eigenvalue weighted by Gasteiger charge is 2.52. The van der Waals surface area contributed by atoms with Crippen LogP contribution in [0.5, 0.6) is 0 Å². The van der Waals surface area contributed by atoms with Gasteiger partial charge in [-0.1, -0.05) is 38.7 Å². The van der Waals surface area contributed by atoms with Crippen molar-refractivity contribution in [1.29, 1.82) is 0 Å². The van der Waals surface area contributed by atoms with E-state index in [1.54, 1.807) is 11.1 Å². The van der Waals surface area contributed by atoms with Gasteiger partial charge in [-0.3, -0.25) is 9.69 Å². The van der Waals surface area contributed by atoms with Crippen LogP contribution >= 0.6 is 15.9 Å². The molecule has 3 heterocycles. The first-order chi connectivity index (χ1) is 13.1. The van der Waals surface area contributed by atoms with Crippen molar-refractivity contribution >= 4 is 35.7 Å². The molecule has 0 aromatic carbocycles. The van der Waals surface area contributed by atoms with Gasteiger partial charge in [-0.15, -0.1) is 0 Å². The Bertz CT molecular complexity index is 853. The predicted octanol–water partition coefficient (Wildman–Crippen LogP) is 4.96. The Morgan fingerprint density at radius 2 is 2.00 bits per heavy atom. The lowest BCUT2D eigenvalue weighted by Crippen LogP contribution is -2.42. The molecule has 0 saturated carbocycles. The van der Waals surface area contributed by atoms with E-state index in [-0.39, 0.29) is 18.6 Å². The van der Waals surface area contributed by atoms with Crippen LogP contribution in [0.25, 0.3) is 0 Å². The highest BCUT2D eigenvalue weighted by Crippen LogP contribution is 2.48. The number of fused-ring (bicyclic) bond motifs is 1. The molecule has 0 saturated heterocycles. The first-order valence-electron chi connectivity index (χ1n) is 9.61. The van der Waals surface area contributed by atoms with Gasteiger partial charge in [-0.25, -0.2) is 9.97 Å². The van der Waals surface area contributed by atoms with Crippen molar-refractivity contribution in [3.05, 3.63) is 52.4 Å². The van der Waals surface area contributed by atoms with E-state index in [9.17, 15) is 4.79 Å². The van der Waals surface area contributed by atoms with Gasteiger partial charge in [-0.05, 0) is 46.6 Å². The van der Waals surface area contributed by atoms with Gasteiger partial charge in [0.05, 0.1) is 5.41 Å². The normalized spacial score (nSPS) is 20.4. The maximum absolute atomic E-state index is 13.5. The summed E-state index contributed by atoms with van der Waals surface area (Å²) in [5.74, 6) is 0.695. The molecule has 0 fully saturated rings. The molecule has 1 aliphatic heterocycles. The van der Waals surface area contributed by atoms with Crippen LogP contribution in [0.4, 0.5) is 5.82 Å². The summed E-state index contributed by atoms with van der Waals surface area (Å²) < 4.78 is 6.68. The molecule has 2 aromatic heterocycles. The average Bonchev–Trinajstić information content (AvgIpc) is 2.87. The summed E-state index contributed by atoms with van der Waals surface area (Å²) in [7, 11) is -1.17. The van der Waals surface area contributed by atoms with Gasteiger partial charge in [0.15, 0.2) is 0 Å². The fraction of sp³-hybridized carbons (Fsp3) is 0.476. The lowest BCUT2D eigenvalue weighted by Gasteiger charge is -2.31. The number of rotatable bonds is 7. The van der Waals surface area contributed by atoms with E-state index in [4.69, 9.17) is 4.74 Å². The molecule has 2 aromatic rings. The van der Waals surface area contributed by atoms with E-state index < -0.39 is 13.5 Å². The Kier molecular flexibility index (Phi) is 6.07. The Balaban J connectivity index is 1.86. The summed E-state index contributed by atoms with van der Waals surface area (Å²) in [6.07, 6.45) is 3.56. The molecule has 1 amide bonds. The van der Waals surface area contributed by atoms with Crippen molar-refractivity contribution in [3.63, 3.8) is 0 Å². The Hall–Kier alpha value is -1.57. The molecule has 5 nitrogen and oxygen atoms in total. The van der Waals surface area contributed by atoms with Crippen LogP contribution in [-0.2, 0) is 14.9 Å². The second-order valence-electron chi connectivity index (χ2n) is 8.79. The number of amides is 1. The number of aromatic nitrogens is 2. The number of hydrogen-bond acceptors (Lipinski definition) is 4. The zero-order valence-electron chi connectivity index (χ0n) is 17.2. The molecule has 0 radical (unpaired) electrons. The van der Waals surface area contributed by atoms with E-state index in [1.165, 1.54) is 0 Å². The maximum Gasteiger partial charge on any atom is 0.241 e. The van der Waals surface area contributed by atoms with Crippen molar-refractivity contribution in [2.24, 2.45) is 0 Å². The van der Waals surface area contributed by atoms with Crippen LogP contribution in [0.3, 0.4) is 0 Å². The summed E-state index contributed by atoms with van der Waals surface area (Å²) in [6.45, 7) is 12.0. The molecule has 0 N–H and O–H groups in total. The Labute approximate surface area is 176 Å². The second kappa shape index (κ2) is 8.04. The first-order valence-corrected chi connectivity index (χ1v) is 14.1. The largest absolute Gasteiger partial charge is 0.361 e. The number of hydrogen-bond donors (Lipinski definition) is 0. The highest BCUT2D eigenvalue weighted by molar-refractivity contribution is 9.10. The number of carbonyl (C=O) groups excluding carboxylic acids is 1. The highest BCUT2D eigenvalue weighted by atomic mass is 79.9. The number of pyridine rings is 2. The van der Waals surface area contributed by atoms with E-state index in [0.29, 0.717) is 12.4 Å². The van der Waals surface area contributed by atoms with Gasteiger partial charge in [0, 0.05) is 38.6 Å². The van der Waals surface area contributed by atoms with Crippen LogP contribution in [0, 0.1) is 0 Å². The van der Waals surface area contributed by atoms with E-state index >= 15 is 0 Å². The Morgan fingerprint density at radius 1 is 1.25 bits per heavy atom. The zero-order valence-corrected chi connectivity index (χ0v) is 19.8. The topological polar surface area (TPSA) is 55.3 Å². The molecule has 7 heteroatoms. The van der Waals surface area contributed by atoms with Crippen LogP contribution in [0.15, 0.2) is 41.3 Å². The molecule has 0 bridgehead atoms. The standard InChI is InChI=1S/C21H28BrN3O2Si/c1-15(16-8-9-18(22)24-13-16)21(2)17-7-6-10-23-19(17)25(20(21)26)14-27-11-12-28(3,4)5/h6-10,13,15H,11-12,14H2,1-5H3/t15?,21-/m0/s1. The monoisotopic (exact) mass is 461 g/mol. The third kappa shape index (κ3) is 4.07. The van der Waals surface area contributed by atoms with Gasteiger partial charge in [-0.2, -0.15) is 0 Å². The minimum atomic E-state index is -1.17. The molecule has 1 aliphatic rings. The summed E-state index contributed by atoms with van der Waals surface area (Å²) in [4.78, 5) is 24.1. The first kappa shape index (κ1) is 21.1. The van der Waals surface area contributed by atoms with Crippen molar-refractivity contribution in [1.82, 2.24) is 9.97 Å². The Morgan fingerprint density at radius 3 is 2.64 bits per heavy atom. The van der Waals surface area contributed by atoms with E-state index in [1.807, 2.05) is 37.4 Å². The molecule has 3 rings (SSSR count). The molecule has 2 atom stereocenters. The number of anilines is 1. The SMILES string of the molecule is CC(c1ccc(Br)nc1)[C@]1(C)C(=O)N(COCC[Si](C)(C)C)c2ncccc21. The molecular formula is C21H28BrN3O2Si. The number of nitrogens with zero attached hydrogens (tertiary/aromatic N) is 3. The number of halogens is 1. The van der Waals surface area contributed by atoms with Crippen molar-refractivity contribution in [3.8, 4) is 0 Å². The molecule has 0 aliphatic carbocycles. The fourth-order valence-electron chi connectivity index (χ4n) is 3.56. The van der Waals surface area contributed by atoms with Gasteiger partial charge >= 0.3 is 0 Å². The third-order valence-electron chi connectivity index (χ3n) is 5.62. The van der Waals surface area contributed by atoms with Crippen LogP contribution in [0.1, 0.15) is 30.9 Å². The maximum atomic E-state index is 13.5. The van der Waals surface area contributed by atoms with Gasteiger partial charge in [0.1, 0.15) is 17.2 Å². The molecule has 150 valence electrons. The summed E-state index contributed by atoms with van der Waals surface area (Å²) in [6, 6.07) is 8.90. The summed E-state index contributed by atoms with van der Waals surface area (Å²) >= 11 is 3.38. The summed E-state index contributed by atoms with van der Waals surface area (Å²) in [5, 5.41) is 0. The van der Waals surface area contributed by atoms with Crippen molar-refractivity contribution in [2.75, 3.05) is 18.2 Å². The average molecular weight is 462 g/mol. The second-order valence-corrected chi connectivity index (χ2v) is 15.2. The van der Waals surface area contributed by atoms with Crippen LogP contribution in [-0.4, -0.2) is 37.3 Å². The molecule has 28 heavy (non-hydrogen) atoms. The van der Waals surface area contributed by atoms with Crippen LogP contribution in [0.2, 0.25) is 25.7 Å². The number of ether oxygens (including phenoxy) is 1. The molecule has 1 unspecified atom stereocenters. The third-order valence-corrected chi connectivity index (χ3v) is 7.80.